The standard InChI is InChI=1S/C37H49N3O11/c1-23(41)20-29(32(44)50-36(6,7)8)40(21-30(42)49-35(3,4)5)34(46)47-22-25-12-18-28(19-13-25)48-31(43)26-14-16-27(17-15-26)38-24(2)39-33(45)51-37(9,10)11/h12-19,29H,20-22H2,1-11H3,(H,38,39,45)/t29-/m0/s1. The summed E-state index contributed by atoms with van der Waals surface area (Å²) < 4.78 is 26.9. The number of nitrogens with one attached hydrogen (secondary N) is 1. The smallest absolute Gasteiger partial charge is 0.413 e. The van der Waals surface area contributed by atoms with E-state index >= 15 is 0 Å². The topological polar surface area (TPSA) is 176 Å². The minimum absolute atomic E-state index is 0.215. The van der Waals surface area contributed by atoms with Gasteiger partial charge in [0.15, 0.2) is 0 Å². The molecule has 14 nitrogen and oxygen atoms in total. The van der Waals surface area contributed by atoms with Gasteiger partial charge in [0.05, 0.1) is 11.3 Å². The van der Waals surface area contributed by atoms with Crippen LogP contribution in [0.3, 0.4) is 0 Å². The Morgan fingerprint density at radius 3 is 1.80 bits per heavy atom. The van der Waals surface area contributed by atoms with Crippen LogP contribution in [0.2, 0.25) is 0 Å². The monoisotopic (exact) mass is 711 g/mol. The number of benzene rings is 2. The largest absolute Gasteiger partial charge is 0.459 e. The molecule has 14 heteroatoms. The third kappa shape index (κ3) is 16.3. The summed E-state index contributed by atoms with van der Waals surface area (Å²) in [5, 5.41) is 2.54. The van der Waals surface area contributed by atoms with Gasteiger partial charge in [-0.15, -0.1) is 0 Å². The maximum atomic E-state index is 13.3. The summed E-state index contributed by atoms with van der Waals surface area (Å²) >= 11 is 0. The zero-order valence-corrected chi connectivity index (χ0v) is 31.2. The van der Waals surface area contributed by atoms with Crippen molar-refractivity contribution in [3.8, 4) is 5.75 Å². The van der Waals surface area contributed by atoms with Crippen molar-refractivity contribution in [2.75, 3.05) is 6.54 Å². The van der Waals surface area contributed by atoms with Crippen LogP contribution in [0.15, 0.2) is 53.5 Å². The molecule has 0 saturated heterocycles. The number of amidine groups is 1. The molecule has 1 atom stereocenters. The zero-order chi connectivity index (χ0) is 38.7. The van der Waals surface area contributed by atoms with Gasteiger partial charge in [0, 0.05) is 6.42 Å². The minimum Gasteiger partial charge on any atom is -0.459 e. The molecule has 0 aliphatic heterocycles. The van der Waals surface area contributed by atoms with Gasteiger partial charge in [-0.05, 0) is 118 Å². The molecule has 1 N–H and O–H groups in total. The molecule has 0 aliphatic rings. The van der Waals surface area contributed by atoms with Crippen LogP contribution in [0.25, 0.3) is 0 Å². The molecule has 0 fully saturated rings. The molecule has 0 aliphatic carbocycles. The first-order valence-electron chi connectivity index (χ1n) is 16.2. The lowest BCUT2D eigenvalue weighted by Crippen LogP contribution is -2.51. The number of carbonyl (C=O) groups is 6. The van der Waals surface area contributed by atoms with E-state index in [2.05, 4.69) is 10.3 Å². The predicted octanol–water partition coefficient (Wildman–Crippen LogP) is 6.45. The normalized spacial score (nSPS) is 12.6. The molecule has 2 amide bonds. The number of amides is 2. The van der Waals surface area contributed by atoms with Crippen LogP contribution in [-0.2, 0) is 39.9 Å². The van der Waals surface area contributed by atoms with Crippen molar-refractivity contribution in [1.82, 2.24) is 10.2 Å². The summed E-state index contributed by atoms with van der Waals surface area (Å²) in [5.74, 6) is -2.21. The highest BCUT2D eigenvalue weighted by atomic mass is 16.6. The Morgan fingerprint density at radius 2 is 1.29 bits per heavy atom. The number of carbonyl (C=O) groups excluding carboxylic acids is 6. The van der Waals surface area contributed by atoms with E-state index in [1.165, 1.54) is 31.2 Å². The number of ether oxygens (including phenoxy) is 5. The fourth-order valence-electron chi connectivity index (χ4n) is 4.17. The fraction of sp³-hybridized carbons (Fsp3) is 0.486. The number of rotatable bonds is 11. The molecule has 0 aromatic heterocycles. The second-order valence-corrected chi connectivity index (χ2v) is 14.6. The van der Waals surface area contributed by atoms with E-state index in [1.807, 2.05) is 0 Å². The molecule has 2 aromatic rings. The lowest BCUT2D eigenvalue weighted by molar-refractivity contribution is -0.165. The number of esters is 3. The summed E-state index contributed by atoms with van der Waals surface area (Å²) in [5.41, 5.74) is -1.23. The van der Waals surface area contributed by atoms with Gasteiger partial charge in [0.25, 0.3) is 0 Å². The van der Waals surface area contributed by atoms with Gasteiger partial charge in [-0.3, -0.25) is 19.8 Å². The van der Waals surface area contributed by atoms with Gasteiger partial charge < -0.3 is 23.7 Å². The van der Waals surface area contributed by atoms with Gasteiger partial charge >= 0.3 is 30.1 Å². The Morgan fingerprint density at radius 1 is 0.745 bits per heavy atom. The minimum atomic E-state index is -1.44. The quantitative estimate of drug-likeness (QED) is 0.0891. The van der Waals surface area contributed by atoms with Crippen molar-refractivity contribution in [1.29, 1.82) is 0 Å². The number of hydrogen-bond donors (Lipinski definition) is 1. The van der Waals surface area contributed by atoms with E-state index in [0.717, 1.165) is 4.90 Å². The second kappa shape index (κ2) is 17.6. The molecule has 2 aromatic carbocycles. The van der Waals surface area contributed by atoms with Crippen molar-refractivity contribution in [3.63, 3.8) is 0 Å². The third-order valence-electron chi connectivity index (χ3n) is 6.07. The van der Waals surface area contributed by atoms with Gasteiger partial charge in [0.2, 0.25) is 0 Å². The Balaban J connectivity index is 2.10. The van der Waals surface area contributed by atoms with Crippen molar-refractivity contribution in [3.05, 3.63) is 59.7 Å². The summed E-state index contributed by atoms with van der Waals surface area (Å²) in [6.07, 6.45) is -2.09. The van der Waals surface area contributed by atoms with Crippen molar-refractivity contribution < 1.29 is 52.5 Å². The molecule has 51 heavy (non-hydrogen) atoms. The molecular weight excluding hydrogens is 662 g/mol. The van der Waals surface area contributed by atoms with E-state index in [-0.39, 0.29) is 17.9 Å². The van der Waals surface area contributed by atoms with Crippen LogP contribution in [0.1, 0.15) is 98.5 Å². The fourth-order valence-corrected chi connectivity index (χ4v) is 4.17. The van der Waals surface area contributed by atoms with E-state index in [4.69, 9.17) is 23.7 Å². The SMILES string of the molecule is CC(=O)C[C@@H](C(=O)OC(C)(C)C)N(CC(=O)OC(C)(C)C)C(=O)OCc1ccc(OC(=O)c2ccc(N=C(C)NC(=O)OC(C)(C)C)cc2)cc1. The summed E-state index contributed by atoms with van der Waals surface area (Å²) in [4.78, 5) is 81.1. The molecule has 0 unspecified atom stereocenters. The molecule has 0 spiro atoms. The first-order valence-corrected chi connectivity index (χ1v) is 16.2. The average Bonchev–Trinajstić information content (AvgIpc) is 2.95. The number of ketones is 1. The molecule has 0 saturated carbocycles. The van der Waals surface area contributed by atoms with Crippen LogP contribution in [0.5, 0.6) is 5.75 Å². The molecule has 2 rings (SSSR count). The number of nitrogens with zero attached hydrogens (tertiary/aromatic N) is 2. The zero-order valence-electron chi connectivity index (χ0n) is 31.2. The highest BCUT2D eigenvalue weighted by molar-refractivity contribution is 5.96. The van der Waals surface area contributed by atoms with E-state index in [1.54, 1.807) is 93.5 Å². The summed E-state index contributed by atoms with van der Waals surface area (Å²) in [6.45, 7) is 17.0. The lowest BCUT2D eigenvalue weighted by atomic mass is 10.1. The van der Waals surface area contributed by atoms with Crippen LogP contribution in [0, 0.1) is 0 Å². The first kappa shape index (κ1) is 41.9. The number of alkyl carbamates (subject to hydrolysis) is 1. The van der Waals surface area contributed by atoms with E-state index in [9.17, 15) is 28.8 Å². The van der Waals surface area contributed by atoms with Gasteiger partial charge in [-0.25, -0.2) is 24.2 Å². The van der Waals surface area contributed by atoms with E-state index < -0.39 is 71.7 Å². The van der Waals surface area contributed by atoms with Gasteiger partial charge in [-0.2, -0.15) is 0 Å². The van der Waals surface area contributed by atoms with Gasteiger partial charge in [0.1, 0.15) is 53.4 Å². The Bertz CT molecular complexity index is 1590. The third-order valence-corrected chi connectivity index (χ3v) is 6.07. The Hall–Kier alpha value is -5.27. The number of hydrogen-bond acceptors (Lipinski definition) is 12. The van der Waals surface area contributed by atoms with Crippen molar-refractivity contribution in [2.24, 2.45) is 4.99 Å². The maximum Gasteiger partial charge on any atom is 0.413 e. The summed E-state index contributed by atoms with van der Waals surface area (Å²) in [7, 11) is 0. The molecule has 0 radical (unpaired) electrons. The van der Waals surface area contributed by atoms with Gasteiger partial charge in [-0.1, -0.05) is 12.1 Å². The number of aliphatic imine (C=N–C) groups is 1. The highest BCUT2D eigenvalue weighted by Crippen LogP contribution is 2.20. The Labute approximate surface area is 298 Å². The maximum absolute atomic E-state index is 13.3. The van der Waals surface area contributed by atoms with Crippen LogP contribution < -0.4 is 10.1 Å². The lowest BCUT2D eigenvalue weighted by Gasteiger charge is -2.31. The molecule has 0 heterocycles. The molecular formula is C37H49N3O11. The Kier molecular flexibility index (Phi) is 14.5. The molecule has 278 valence electrons. The predicted molar refractivity (Wildman–Crippen MR) is 188 cm³/mol. The highest BCUT2D eigenvalue weighted by Gasteiger charge is 2.37. The average molecular weight is 712 g/mol. The molecule has 0 bridgehead atoms. The van der Waals surface area contributed by atoms with Crippen LogP contribution in [0.4, 0.5) is 15.3 Å². The van der Waals surface area contributed by atoms with Crippen molar-refractivity contribution in [2.45, 2.75) is 112 Å². The van der Waals surface area contributed by atoms with E-state index in [0.29, 0.717) is 17.1 Å². The number of Topliss-reactive ketones (excluding diaryl/α,β-unsaturated/α-hetero) is 1. The summed E-state index contributed by atoms with van der Waals surface area (Å²) in [6, 6.07) is 10.9. The van der Waals surface area contributed by atoms with Crippen LogP contribution >= 0.6 is 0 Å². The van der Waals surface area contributed by atoms with Crippen LogP contribution in [-0.4, -0.2) is 76.0 Å². The van der Waals surface area contributed by atoms with Crippen molar-refractivity contribution >= 4 is 47.4 Å². The second-order valence-electron chi connectivity index (χ2n) is 14.6. The first-order chi connectivity index (χ1) is 23.4.